The van der Waals surface area contributed by atoms with E-state index in [0.717, 1.165) is 26.1 Å². The molecule has 44 heavy (non-hydrogen) atoms. The van der Waals surface area contributed by atoms with Gasteiger partial charge in [-0.3, -0.25) is 18.7 Å². The lowest BCUT2D eigenvalue weighted by Crippen LogP contribution is -2.41. The summed E-state index contributed by atoms with van der Waals surface area (Å²) in [5, 5.41) is 5.97. The molecule has 0 radical (unpaired) electrons. The molecular weight excluding hydrogens is 608 g/mol. The predicted octanol–water partition coefficient (Wildman–Crippen LogP) is 5.04. The van der Waals surface area contributed by atoms with Gasteiger partial charge in [0.15, 0.2) is 5.82 Å². The lowest BCUT2D eigenvalue weighted by atomic mass is 9.92. The molecule has 2 aliphatic heterocycles. The maximum Gasteiger partial charge on any atom is 0.433 e. The summed E-state index contributed by atoms with van der Waals surface area (Å²) in [7, 11) is 1.11. The second kappa shape index (κ2) is 10.9. The second-order valence-electron chi connectivity index (χ2n) is 10.7. The van der Waals surface area contributed by atoms with Gasteiger partial charge in [-0.05, 0) is 38.3 Å². The van der Waals surface area contributed by atoms with Crippen LogP contribution in [0.2, 0.25) is 5.02 Å². The van der Waals surface area contributed by atoms with Crippen molar-refractivity contribution in [1.82, 2.24) is 29.0 Å². The highest BCUT2D eigenvalue weighted by Gasteiger charge is 2.39. The molecule has 11 nitrogen and oxygen atoms in total. The largest absolute Gasteiger partial charge is 0.493 e. The molecule has 16 heteroatoms. The normalized spacial score (nSPS) is 18.6. The first-order chi connectivity index (χ1) is 20.9. The van der Waals surface area contributed by atoms with Gasteiger partial charge in [0.2, 0.25) is 11.9 Å². The summed E-state index contributed by atoms with van der Waals surface area (Å²) in [5.74, 6) is -1.60. The molecule has 0 bridgehead atoms. The van der Waals surface area contributed by atoms with Crippen LogP contribution in [0.4, 0.5) is 29.2 Å². The van der Waals surface area contributed by atoms with Gasteiger partial charge < -0.3 is 20.7 Å². The van der Waals surface area contributed by atoms with Crippen LogP contribution >= 0.6 is 11.6 Å². The summed E-state index contributed by atoms with van der Waals surface area (Å²) < 4.78 is 62.8. The molecule has 5 heterocycles. The van der Waals surface area contributed by atoms with Crippen molar-refractivity contribution in [1.29, 1.82) is 0 Å². The van der Waals surface area contributed by atoms with Crippen LogP contribution in [0.1, 0.15) is 60.4 Å². The minimum Gasteiger partial charge on any atom is -0.493 e. The number of hydrogen-bond acceptors (Lipinski definition) is 7. The fourth-order valence-corrected chi connectivity index (χ4v) is 6.28. The van der Waals surface area contributed by atoms with Crippen molar-refractivity contribution in [2.24, 2.45) is 7.05 Å². The lowest BCUT2D eigenvalue weighted by molar-refractivity contribution is -0.143. The number of fused-ring (bicyclic) bond motifs is 2. The Bertz CT molecular complexity index is 1800. The summed E-state index contributed by atoms with van der Waals surface area (Å²) >= 11 is 6.55. The molecule has 2 saturated heterocycles. The number of nitrogens with two attached hydrogens (primary N) is 1. The summed E-state index contributed by atoms with van der Waals surface area (Å²) in [5.41, 5.74) is 5.76. The Balaban J connectivity index is 1.42. The molecule has 2 atom stereocenters. The third-order valence-corrected chi connectivity index (χ3v) is 8.35. The highest BCUT2D eigenvalue weighted by atomic mass is 35.5. The van der Waals surface area contributed by atoms with Crippen LogP contribution in [0.5, 0.6) is 5.75 Å². The Kier molecular flexibility index (Phi) is 7.38. The number of amides is 2. The van der Waals surface area contributed by atoms with Crippen LogP contribution in [-0.4, -0.2) is 60.1 Å². The van der Waals surface area contributed by atoms with Gasteiger partial charge in [-0.1, -0.05) is 11.6 Å². The summed E-state index contributed by atoms with van der Waals surface area (Å²) in [4.78, 5) is 36.2. The smallest absolute Gasteiger partial charge is 0.433 e. The Hall–Kier alpha value is -4.40. The SMILES string of the molecule is CCOc1cc(C(=O)Nc2cc(C(F)(F)F)n(C)n2)c(Cl)cc1-c1nc([C@@H]2CC[C@H]3CCC(=O)N3C2)n2c(F)cnc(N)c12. The van der Waals surface area contributed by atoms with Gasteiger partial charge in [0.1, 0.15) is 34.3 Å². The molecule has 0 unspecified atom stereocenters. The van der Waals surface area contributed by atoms with E-state index in [9.17, 15) is 22.8 Å². The molecular formula is C28H27ClF4N8O3. The van der Waals surface area contributed by atoms with E-state index in [1.54, 1.807) is 6.92 Å². The van der Waals surface area contributed by atoms with E-state index in [1.807, 2.05) is 4.90 Å². The number of nitrogens with one attached hydrogen (secondary N) is 1. The number of nitrogens with zero attached hydrogens (tertiary/aromatic N) is 6. The van der Waals surface area contributed by atoms with Crippen LogP contribution in [0, 0.1) is 5.95 Å². The van der Waals surface area contributed by atoms with Gasteiger partial charge in [0.05, 0.1) is 23.4 Å². The maximum absolute atomic E-state index is 15.4. The lowest BCUT2D eigenvalue weighted by Gasteiger charge is -2.34. The first-order valence-corrected chi connectivity index (χ1v) is 14.3. The summed E-state index contributed by atoms with van der Waals surface area (Å²) in [6.45, 7) is 2.25. The zero-order valence-corrected chi connectivity index (χ0v) is 24.3. The fourth-order valence-electron chi connectivity index (χ4n) is 6.04. The van der Waals surface area contributed by atoms with Crippen molar-refractivity contribution in [2.75, 3.05) is 24.2 Å². The number of benzene rings is 1. The van der Waals surface area contributed by atoms with Crippen LogP contribution < -0.4 is 15.8 Å². The quantitative estimate of drug-likeness (QED) is 0.284. The van der Waals surface area contributed by atoms with Gasteiger partial charge in [-0.15, -0.1) is 0 Å². The molecule has 2 aliphatic rings. The number of anilines is 2. The van der Waals surface area contributed by atoms with Crippen molar-refractivity contribution >= 4 is 40.6 Å². The van der Waals surface area contributed by atoms with Crippen molar-refractivity contribution in [3.8, 4) is 17.0 Å². The third-order valence-electron chi connectivity index (χ3n) is 8.03. The van der Waals surface area contributed by atoms with E-state index >= 15 is 4.39 Å². The molecule has 0 spiro atoms. The predicted molar refractivity (Wildman–Crippen MR) is 152 cm³/mol. The number of nitrogen functional groups attached to an aromatic ring is 1. The van der Waals surface area contributed by atoms with E-state index < -0.39 is 23.7 Å². The number of rotatable bonds is 6. The molecule has 0 saturated carbocycles. The number of carbonyl (C=O) groups excluding carboxylic acids is 2. The highest BCUT2D eigenvalue weighted by molar-refractivity contribution is 6.35. The summed E-state index contributed by atoms with van der Waals surface area (Å²) in [6, 6.07) is 3.59. The first kappa shape index (κ1) is 29.7. The van der Waals surface area contributed by atoms with Crippen molar-refractivity contribution in [3.63, 3.8) is 0 Å². The Morgan fingerprint density at radius 2 is 2.00 bits per heavy atom. The minimum atomic E-state index is -4.67. The van der Waals surface area contributed by atoms with Crippen molar-refractivity contribution < 1.29 is 31.9 Å². The zero-order valence-electron chi connectivity index (χ0n) is 23.6. The number of alkyl halides is 3. The monoisotopic (exact) mass is 634 g/mol. The van der Waals surface area contributed by atoms with E-state index in [2.05, 4.69) is 15.4 Å². The number of hydrogen-bond donors (Lipinski definition) is 2. The van der Waals surface area contributed by atoms with Gasteiger partial charge >= 0.3 is 6.18 Å². The van der Waals surface area contributed by atoms with Crippen molar-refractivity contribution in [2.45, 2.75) is 50.7 Å². The topological polar surface area (TPSA) is 133 Å². The van der Waals surface area contributed by atoms with Gasteiger partial charge in [-0.2, -0.15) is 22.7 Å². The van der Waals surface area contributed by atoms with Crippen LogP contribution in [0.15, 0.2) is 24.4 Å². The molecule has 4 aromatic rings. The molecule has 3 aromatic heterocycles. The third kappa shape index (κ3) is 5.08. The molecule has 2 amide bonds. The number of halogens is 5. The molecule has 2 fully saturated rings. The number of aryl methyl sites for hydroxylation is 1. The van der Waals surface area contributed by atoms with E-state index in [1.165, 1.54) is 16.5 Å². The average Bonchev–Trinajstić information content (AvgIpc) is 3.66. The maximum atomic E-state index is 15.4. The molecule has 6 rings (SSSR count). The molecule has 0 aliphatic carbocycles. The first-order valence-electron chi connectivity index (χ1n) is 13.9. The molecule has 3 N–H and O–H groups in total. The highest BCUT2D eigenvalue weighted by Crippen LogP contribution is 2.42. The van der Waals surface area contributed by atoms with E-state index in [0.29, 0.717) is 41.5 Å². The number of aromatic nitrogens is 5. The summed E-state index contributed by atoms with van der Waals surface area (Å²) in [6.07, 6.45) is -0.964. The van der Waals surface area contributed by atoms with Gasteiger partial charge in [0, 0.05) is 43.6 Å². The number of ether oxygens (including phenoxy) is 1. The van der Waals surface area contributed by atoms with Gasteiger partial charge in [0.25, 0.3) is 5.91 Å². The van der Waals surface area contributed by atoms with Crippen LogP contribution in [0.25, 0.3) is 16.8 Å². The van der Waals surface area contributed by atoms with Crippen LogP contribution in [-0.2, 0) is 18.0 Å². The minimum absolute atomic E-state index is 0.0119. The Morgan fingerprint density at radius 3 is 2.70 bits per heavy atom. The van der Waals surface area contributed by atoms with Crippen LogP contribution in [0.3, 0.4) is 0 Å². The fraction of sp³-hybridized carbons (Fsp3) is 0.393. The van der Waals surface area contributed by atoms with Gasteiger partial charge in [-0.25, -0.2) is 9.97 Å². The number of piperidine rings is 1. The van der Waals surface area contributed by atoms with Crippen molar-refractivity contribution in [3.05, 3.63) is 52.4 Å². The standard InChI is InChI=1S/C28H27ClF4N8O3/c1-3-44-18-9-15(27(43)36-21-10-19(28(31,32)33)39(2)38-21)17(29)8-16(18)23-24-25(34)35-11-20(30)41(24)26(37-23)13-4-5-14-6-7-22(42)40(14)12-13/h8-11,13-14H,3-7,12H2,1-2H3,(H2,34,35)(H,36,38,43)/t13-,14+/m1/s1. The van der Waals surface area contributed by atoms with E-state index in [-0.39, 0.29) is 63.7 Å². The number of imidazole rings is 1. The molecule has 1 aromatic carbocycles. The zero-order chi connectivity index (χ0) is 31.5. The Morgan fingerprint density at radius 1 is 1.23 bits per heavy atom. The number of carbonyl (C=O) groups is 2. The second-order valence-corrected chi connectivity index (χ2v) is 11.1. The molecule has 232 valence electrons. The Labute approximate surface area is 252 Å². The average molecular weight is 635 g/mol. The van der Waals surface area contributed by atoms with E-state index in [4.69, 9.17) is 27.1 Å².